The number of aromatic hydroxyl groups is 1. The first-order chi connectivity index (χ1) is 56.3. The number of amides is 11. The van der Waals surface area contributed by atoms with Gasteiger partial charge in [0.1, 0.15) is 95.9 Å². The number of hydrogen-bond donors (Lipinski definition) is 20. The van der Waals surface area contributed by atoms with Crippen molar-refractivity contribution >= 4 is 76.5 Å². The summed E-state index contributed by atoms with van der Waals surface area (Å²) in [5, 5.41) is 126. The topological polar surface area (TPSA) is 537 Å². The van der Waals surface area contributed by atoms with Crippen molar-refractivity contribution in [3.8, 4) is 51.4 Å². The highest BCUT2D eigenvalue weighted by molar-refractivity contribution is 6.32. The van der Waals surface area contributed by atoms with Gasteiger partial charge in [-0.05, 0) is 199 Å². The lowest BCUT2D eigenvalue weighted by molar-refractivity contribution is -0.277. The van der Waals surface area contributed by atoms with Gasteiger partial charge in [-0.15, -0.1) is 0 Å². The van der Waals surface area contributed by atoms with Crippen LogP contribution in [0.5, 0.6) is 40.2 Å². The van der Waals surface area contributed by atoms with Crippen LogP contribution in [0.3, 0.4) is 0 Å². The third kappa shape index (κ3) is 16.3. The highest BCUT2D eigenvalue weighted by Crippen LogP contribution is 2.56. The molecule has 18 rings (SSSR count). The molecule has 0 spiro atoms. The van der Waals surface area contributed by atoms with Gasteiger partial charge < -0.3 is 123 Å². The van der Waals surface area contributed by atoms with Crippen molar-refractivity contribution in [2.24, 2.45) is 35.3 Å². The maximum Gasteiger partial charge on any atom is 0.325 e. The number of rotatable bonds is 15. The molecule has 4 saturated carbocycles. The molecule has 6 aromatic rings. The van der Waals surface area contributed by atoms with Gasteiger partial charge in [0, 0.05) is 41.9 Å². The molecule has 18 bridgehead atoms. The van der Waals surface area contributed by atoms with Gasteiger partial charge >= 0.3 is 6.03 Å². The Balaban J connectivity index is 0.886. The normalized spacial score (nSPS) is 29.1. The van der Waals surface area contributed by atoms with E-state index in [0.717, 1.165) is 62.4 Å². The molecule has 11 amide bonds. The third-order valence-electron chi connectivity index (χ3n) is 23.6. The minimum absolute atomic E-state index is 0.0825. The number of aliphatic hydroxyl groups is 7. The zero-order chi connectivity index (χ0) is 83.8. The summed E-state index contributed by atoms with van der Waals surface area (Å²) in [4.78, 5) is 150. The number of phenolic OH excluding ortho intramolecular Hbond substituents is 1. The number of aliphatic hydroxyl groups excluding tert-OH is 5. The molecule has 0 radical (unpaired) electrons. The summed E-state index contributed by atoms with van der Waals surface area (Å²) >= 11 is 7.19. The number of nitrogens with two attached hydrogens (primary N) is 1. The van der Waals surface area contributed by atoms with Crippen molar-refractivity contribution in [2.45, 2.75) is 175 Å². The number of nitrogens with one attached hydrogen (secondary N) is 11. The second kappa shape index (κ2) is 33.0. The lowest BCUT2D eigenvalue weighted by Crippen LogP contribution is -2.61. The Morgan fingerprint density at radius 1 is 0.661 bits per heavy atom. The number of hydrogen-bond acceptors (Lipinski definition) is 25. The Kier molecular flexibility index (Phi) is 22.9. The second-order valence-electron chi connectivity index (χ2n) is 32.2. The van der Waals surface area contributed by atoms with E-state index in [2.05, 4.69) is 58.5 Å². The Hall–Kier alpha value is -11.1. The molecular weight excluding hydrogens is 1560 g/mol. The fourth-order valence-electron chi connectivity index (χ4n) is 18.0. The number of imide groups is 1. The summed E-state index contributed by atoms with van der Waals surface area (Å²) in [6.45, 7) is 5.57. The quantitative estimate of drug-likeness (QED) is 0.0516. The Labute approximate surface area is 679 Å². The van der Waals surface area contributed by atoms with Crippen molar-refractivity contribution in [3.63, 3.8) is 0 Å². The van der Waals surface area contributed by atoms with Crippen molar-refractivity contribution in [1.82, 2.24) is 53.2 Å². The van der Waals surface area contributed by atoms with Crippen LogP contribution in [0.15, 0.2) is 103 Å². The average molecular weight is 1650 g/mol. The number of anilines is 1. The van der Waals surface area contributed by atoms with Crippen LogP contribution in [0.1, 0.15) is 153 Å². The van der Waals surface area contributed by atoms with Gasteiger partial charge in [-0.1, -0.05) is 49.7 Å². The number of carbonyl (C=O) groups excluding carboxylic acids is 10. The van der Waals surface area contributed by atoms with Crippen LogP contribution in [-0.4, -0.2) is 181 Å². The number of fused-ring (bicyclic) bond motifs is 13. The summed E-state index contributed by atoms with van der Waals surface area (Å²) in [5.41, 5.74) is 4.96. The first-order valence-corrected chi connectivity index (χ1v) is 39.4. The van der Waals surface area contributed by atoms with Gasteiger partial charge in [-0.2, -0.15) is 0 Å². The van der Waals surface area contributed by atoms with E-state index in [4.69, 9.17) is 41.0 Å². The number of likely N-dealkylation sites (N-methyl/N-ethyl adjacent to an activating group) is 1. The van der Waals surface area contributed by atoms with E-state index in [1.54, 1.807) is 0 Å². The van der Waals surface area contributed by atoms with Crippen LogP contribution < -0.4 is 83.2 Å². The van der Waals surface area contributed by atoms with Crippen LogP contribution in [0.2, 0.25) is 5.02 Å². The Morgan fingerprint density at radius 2 is 1.31 bits per heavy atom. The van der Waals surface area contributed by atoms with Gasteiger partial charge in [0.2, 0.25) is 71.0 Å². The van der Waals surface area contributed by atoms with E-state index in [9.17, 15) is 60.0 Å². The van der Waals surface area contributed by atoms with Gasteiger partial charge in [0.25, 0.3) is 0 Å². The van der Waals surface area contributed by atoms with Crippen LogP contribution in [0.25, 0.3) is 11.1 Å². The van der Waals surface area contributed by atoms with E-state index in [0.29, 0.717) is 30.6 Å². The van der Waals surface area contributed by atoms with E-state index in [1.807, 2.05) is 13.8 Å². The number of ether oxygens (including phenoxy) is 5. The molecule has 21 N–H and O–H groups in total. The maximum absolute atomic E-state index is 16.5. The molecule has 118 heavy (non-hydrogen) atoms. The van der Waals surface area contributed by atoms with Crippen LogP contribution in [-0.2, 0) is 53.7 Å². The van der Waals surface area contributed by atoms with Crippen LogP contribution in [0, 0.1) is 29.6 Å². The molecule has 36 heteroatoms. The first kappa shape index (κ1) is 82.0. The summed E-state index contributed by atoms with van der Waals surface area (Å²) in [6, 6.07) is 4.09. The molecule has 7 heterocycles. The molecule has 5 fully saturated rings. The smallest absolute Gasteiger partial charge is 0.325 e. The fourth-order valence-corrected chi connectivity index (χ4v) is 18.2. The monoisotopic (exact) mass is 1650 g/mol. The molecule has 7 aliphatic heterocycles. The van der Waals surface area contributed by atoms with Crippen LogP contribution in [0.4, 0.5) is 10.5 Å². The summed E-state index contributed by atoms with van der Waals surface area (Å²) < 4.78 is 31.9. The number of halogens is 1. The average Bonchev–Trinajstić information content (AvgIpc) is 1.55. The highest BCUT2D eigenvalue weighted by atomic mass is 35.5. The number of benzene rings is 6. The third-order valence-corrected chi connectivity index (χ3v) is 23.9. The Morgan fingerprint density at radius 3 is 1.99 bits per heavy atom. The zero-order valence-corrected chi connectivity index (χ0v) is 64.9. The van der Waals surface area contributed by atoms with Gasteiger partial charge in [-0.25, -0.2) is 4.79 Å². The van der Waals surface area contributed by atoms with Gasteiger partial charge in [0.05, 0.1) is 30.1 Å². The van der Waals surface area contributed by atoms with Crippen molar-refractivity contribution in [3.05, 3.63) is 153 Å². The molecule has 15 atom stereocenters. The Bertz CT molecular complexity index is 5000. The molecule has 1 saturated heterocycles. The standard InChI is InChI=1S/C82H91ClN12O23/c1-32(2)18-51(85-4)73(104)94-64-66(99)37-7-14-53-46(25-37)59(84)72-69(102)68(101)70(103)80(118-72)117-71-55(115-53)27-41-28-56(71)116-54-15-8-38(26-50(54)83)67(100)65-79(110)93-63(77(108)90-60-39-20-34-19-35(22-39)23-40(60)21-34)47-29-43(97)30-49-58(47)45-24-36(6-13-48(45)82(49,112)113)61(75(106)95-65)92-76(107)62(41)91-74(105)52(88-78(64)109)31-57(98)89-81(111)87-42-9-11-44(12-10-42)114-17-5-16-86-33(3)96/h6-15,24-30,32,34-35,39-40,51-52,59-70,72,80,85,97,99-103,112-113H,5,16-23,31,84H2,1-4H3,(H,86,96)(H,88,109)(H,90,108)(H,91,105)(H,92,107)(H,93,110)(H,94,104)(H,95,106)(H2,87,89,98,111)/t34?,35?,39?,40?,51-,52+,59?,60?,61-,62-,63+,64-,65+,66-,67-,68+,69+,70-,72-,80-/m1/s1. The second-order valence-corrected chi connectivity index (χ2v) is 32.6. The number of carbonyl (C=O) groups is 10. The van der Waals surface area contributed by atoms with Gasteiger partial charge in [-0.3, -0.25) is 48.5 Å². The lowest BCUT2D eigenvalue weighted by atomic mass is 9.54. The molecular formula is C82H91ClN12O23. The molecule has 35 nitrogen and oxygen atoms in total. The molecule has 6 aromatic carbocycles. The van der Waals surface area contributed by atoms with E-state index in [-0.39, 0.29) is 115 Å². The van der Waals surface area contributed by atoms with E-state index in [1.165, 1.54) is 86.8 Å². The highest BCUT2D eigenvalue weighted by Gasteiger charge is 2.53. The molecule has 12 aliphatic rings. The van der Waals surface area contributed by atoms with E-state index >= 15 is 28.8 Å². The number of urea groups is 1. The van der Waals surface area contributed by atoms with Crippen molar-refractivity contribution < 1.29 is 112 Å². The molecule has 5 aliphatic carbocycles. The summed E-state index contributed by atoms with van der Waals surface area (Å²) in [6.07, 6.45) is -10.5. The predicted octanol–water partition coefficient (Wildman–Crippen LogP) is 1.95. The fraction of sp³-hybridized carbons (Fsp3) is 0.439. The molecule has 0 aromatic heterocycles. The summed E-state index contributed by atoms with van der Waals surface area (Å²) in [5.74, 6) is -14.4. The van der Waals surface area contributed by atoms with Crippen molar-refractivity contribution in [2.75, 3.05) is 25.5 Å². The lowest BCUT2D eigenvalue weighted by Gasteiger charge is -2.54. The minimum atomic E-state index is -2.97. The number of phenols is 1. The van der Waals surface area contributed by atoms with E-state index < -0.39 is 185 Å². The molecule has 624 valence electrons. The predicted molar refractivity (Wildman–Crippen MR) is 414 cm³/mol. The zero-order valence-electron chi connectivity index (χ0n) is 64.2. The minimum Gasteiger partial charge on any atom is -0.508 e. The largest absolute Gasteiger partial charge is 0.508 e. The maximum atomic E-state index is 16.5. The molecule has 1 unspecified atom stereocenters. The van der Waals surface area contributed by atoms with Gasteiger partial charge in [0.15, 0.2) is 11.5 Å². The van der Waals surface area contributed by atoms with Crippen LogP contribution >= 0.6 is 11.6 Å². The van der Waals surface area contributed by atoms with Crippen molar-refractivity contribution in [1.29, 1.82) is 0 Å². The first-order valence-electron chi connectivity index (χ1n) is 39.1. The summed E-state index contributed by atoms with van der Waals surface area (Å²) in [7, 11) is 1.47. The SMILES string of the molecule is CN[C@H](CC(C)C)C(=O)N[C@H]1C(=O)N[C@@H](CC(=O)NC(=O)Nc2ccc(OCCCNC(C)=O)cc2)C(=O)N[C@H]2C(=O)N[C@H]3C(=O)N[C@H](C(=O)N[C@H](C(=O)NC4C5CC6CC(C5)CC4C6)c4cc(O)cc5c4-c4cc3ccc4C5(O)O)[C@H](O)c3ccc(c(Cl)c3)Oc3cc2cc2c3O[C@@H]3O[C@H](C(N)c4cc(ccc4O2)[C@H]1O)[C@@H](O)[C@H](O)[C@H]3O.